The normalized spacial score (nSPS) is 17.3. The summed E-state index contributed by atoms with van der Waals surface area (Å²) in [6.07, 6.45) is 6.83. The van der Waals surface area contributed by atoms with E-state index in [0.29, 0.717) is 34.5 Å². The number of carbonyl (C=O) groups excluding carboxylic acids is 1. The van der Waals surface area contributed by atoms with Crippen molar-refractivity contribution < 1.29 is 14.0 Å². The topological polar surface area (TPSA) is 64.8 Å². The molecule has 0 unspecified atom stereocenters. The smallest absolute Gasteiger partial charge is 0.260 e. The lowest BCUT2D eigenvalue weighted by atomic mass is 10.1. The Bertz CT molecular complexity index is 1030. The molecule has 2 N–H and O–H groups in total. The van der Waals surface area contributed by atoms with E-state index in [9.17, 15) is 4.79 Å². The molecular weight excluding hydrogens is 505 g/mol. The van der Waals surface area contributed by atoms with Crippen LogP contribution in [0.15, 0.2) is 36.1 Å². The highest BCUT2D eigenvalue weighted by Crippen LogP contribution is 2.44. The lowest BCUT2D eigenvalue weighted by molar-refractivity contribution is 0.0738. The van der Waals surface area contributed by atoms with Gasteiger partial charge in [0.1, 0.15) is 5.75 Å². The molecule has 1 aromatic carbocycles. The minimum Gasteiger partial charge on any atom is -0.497 e. The number of benzene rings is 1. The van der Waals surface area contributed by atoms with Crippen molar-refractivity contribution in [3.05, 3.63) is 41.6 Å². The Hall–Kier alpha value is -1.84. The van der Waals surface area contributed by atoms with Gasteiger partial charge in [-0.05, 0) is 71.0 Å². The van der Waals surface area contributed by atoms with Crippen LogP contribution in [0.3, 0.4) is 0 Å². The van der Waals surface area contributed by atoms with E-state index in [1.165, 1.54) is 5.19 Å². The van der Waals surface area contributed by atoms with Crippen LogP contribution in [-0.2, 0) is 4.43 Å². The molecular formula is C31H54N2O3Si2. The Morgan fingerprint density at radius 3 is 2.11 bits per heavy atom. The summed E-state index contributed by atoms with van der Waals surface area (Å²) >= 11 is 0. The molecule has 0 spiro atoms. The molecule has 0 aliphatic carbocycles. The number of hydrogen-bond donors (Lipinski definition) is 1. The maximum Gasteiger partial charge on any atom is 0.260 e. The van der Waals surface area contributed by atoms with Crippen molar-refractivity contribution >= 4 is 33.2 Å². The maximum atomic E-state index is 14.1. The quantitative estimate of drug-likeness (QED) is 0.234. The molecule has 0 saturated heterocycles. The van der Waals surface area contributed by atoms with Gasteiger partial charge < -0.3 is 19.8 Å². The summed E-state index contributed by atoms with van der Waals surface area (Å²) in [6.45, 7) is 27.7. The van der Waals surface area contributed by atoms with Crippen LogP contribution >= 0.6 is 0 Å². The molecule has 0 fully saturated rings. The highest BCUT2D eigenvalue weighted by molar-refractivity contribution is 6.95. The molecule has 0 saturated carbocycles. The second-order valence-corrected chi connectivity index (χ2v) is 24.1. The van der Waals surface area contributed by atoms with E-state index in [-0.39, 0.29) is 17.0 Å². The van der Waals surface area contributed by atoms with Crippen LogP contribution < -0.4 is 15.7 Å². The van der Waals surface area contributed by atoms with Gasteiger partial charge in [-0.15, -0.1) is 0 Å². The van der Waals surface area contributed by atoms with E-state index < -0.39 is 16.4 Å². The van der Waals surface area contributed by atoms with Gasteiger partial charge in [0.25, 0.3) is 5.91 Å². The Morgan fingerprint density at radius 1 is 1.11 bits per heavy atom. The van der Waals surface area contributed by atoms with Crippen LogP contribution in [0, 0.1) is 0 Å². The van der Waals surface area contributed by atoms with Crippen LogP contribution in [0.2, 0.25) is 34.8 Å². The molecule has 1 aromatic rings. The number of allylic oxidation sites excluding steroid dienone is 2. The predicted molar refractivity (Wildman–Crippen MR) is 169 cm³/mol. The van der Waals surface area contributed by atoms with E-state index in [1.54, 1.807) is 7.11 Å². The van der Waals surface area contributed by atoms with E-state index in [0.717, 1.165) is 17.7 Å². The van der Waals surface area contributed by atoms with Crippen LogP contribution in [0.1, 0.15) is 86.0 Å². The molecule has 0 bridgehead atoms. The molecule has 5 nitrogen and oxygen atoms in total. The molecule has 0 aromatic heterocycles. The first-order chi connectivity index (χ1) is 17.4. The monoisotopic (exact) mass is 558 g/mol. The van der Waals surface area contributed by atoms with Crippen LogP contribution in [0.4, 0.5) is 5.69 Å². The number of nitrogen functional groups attached to an aromatic ring is 1. The van der Waals surface area contributed by atoms with Gasteiger partial charge in [0.05, 0.1) is 33.4 Å². The number of amides is 1. The number of anilines is 1. The summed E-state index contributed by atoms with van der Waals surface area (Å²) < 4.78 is 12.6. The Kier molecular flexibility index (Phi) is 10.3. The number of nitrogens with two attached hydrogens (primary N) is 1. The largest absolute Gasteiger partial charge is 0.497 e. The Morgan fingerprint density at radius 2 is 1.66 bits per heavy atom. The van der Waals surface area contributed by atoms with Gasteiger partial charge in [0.2, 0.25) is 0 Å². The van der Waals surface area contributed by atoms with E-state index in [1.807, 2.05) is 30.2 Å². The van der Waals surface area contributed by atoms with Crippen LogP contribution in [-0.4, -0.2) is 47.0 Å². The van der Waals surface area contributed by atoms with Crippen molar-refractivity contribution in [2.24, 2.45) is 0 Å². The third kappa shape index (κ3) is 6.15. The van der Waals surface area contributed by atoms with Crippen molar-refractivity contribution in [3.8, 4) is 5.75 Å². The fourth-order valence-corrected chi connectivity index (χ4v) is 14.2. The molecule has 1 amide bonds. The molecule has 38 heavy (non-hydrogen) atoms. The van der Waals surface area contributed by atoms with Gasteiger partial charge in [0, 0.05) is 11.9 Å². The van der Waals surface area contributed by atoms with Gasteiger partial charge in [0.15, 0.2) is 8.32 Å². The number of methoxy groups -OCH3 is 1. The summed E-state index contributed by atoms with van der Waals surface area (Å²) in [4.78, 5) is 15.9. The maximum absolute atomic E-state index is 14.1. The molecule has 214 valence electrons. The lowest BCUT2D eigenvalue weighted by Gasteiger charge is -2.44. The molecule has 1 aliphatic rings. The zero-order valence-corrected chi connectivity index (χ0v) is 28.4. The van der Waals surface area contributed by atoms with Crippen molar-refractivity contribution in [1.29, 1.82) is 0 Å². The first kappa shape index (κ1) is 32.4. The summed E-state index contributed by atoms with van der Waals surface area (Å²) in [5, 5.41) is 1.33. The summed E-state index contributed by atoms with van der Waals surface area (Å²) in [5.74, 6) is 0.692. The van der Waals surface area contributed by atoms with E-state index in [4.69, 9.17) is 14.9 Å². The van der Waals surface area contributed by atoms with Crippen molar-refractivity contribution in [1.82, 2.24) is 4.90 Å². The van der Waals surface area contributed by atoms with Crippen molar-refractivity contribution in [2.45, 2.75) is 116 Å². The second kappa shape index (κ2) is 12.1. The zero-order valence-electron chi connectivity index (χ0n) is 26.4. The van der Waals surface area contributed by atoms with Gasteiger partial charge in [-0.1, -0.05) is 74.5 Å². The molecule has 1 heterocycles. The number of hydrogen-bond acceptors (Lipinski definition) is 4. The Balaban J connectivity index is 2.56. The zero-order chi connectivity index (χ0) is 29.2. The number of carbonyl (C=O) groups is 1. The average Bonchev–Trinajstić information content (AvgIpc) is 3.19. The number of rotatable bonds is 10. The van der Waals surface area contributed by atoms with Gasteiger partial charge >= 0.3 is 0 Å². The third-order valence-corrected chi connectivity index (χ3v) is 20.7. The highest BCUT2D eigenvalue weighted by Gasteiger charge is 2.47. The SMILES string of the molecule is C/C=C/C1=CN(C(=O)c2cc(OC)c([Si](C(C)C)(C(C)C)C(C)C)cc2N)[C@H](CO[Si](C)(C)C(C)(C)C)C1. The predicted octanol–water partition coefficient (Wildman–Crippen LogP) is 7.86. The molecule has 7 heteroatoms. The molecule has 2 rings (SSSR count). The standard InChI is InChI=1S/C31H54N2O3Si2/c1-14-15-24-16-25(20-36-37(12,13)31(8,9)10)33(19-24)30(34)26-17-28(35-11)29(18-27(26)32)38(21(2)3,22(4)5)23(6)7/h14-15,17-19,21-23,25H,16,20,32H2,1-13H3/b15-14+/t25-/m0/s1. The van der Waals surface area contributed by atoms with Crippen molar-refractivity contribution in [3.63, 3.8) is 0 Å². The fraction of sp³-hybridized carbons (Fsp3) is 0.645. The van der Waals surface area contributed by atoms with Gasteiger partial charge in [-0.25, -0.2) is 0 Å². The number of nitrogens with zero attached hydrogens (tertiary/aromatic N) is 1. The second-order valence-electron chi connectivity index (χ2n) is 13.4. The van der Waals surface area contributed by atoms with Crippen LogP contribution in [0.5, 0.6) is 5.75 Å². The minimum absolute atomic E-state index is 0.0663. The minimum atomic E-state index is -2.04. The summed E-state index contributed by atoms with van der Waals surface area (Å²) in [6, 6.07) is 3.89. The molecule has 1 aliphatic heterocycles. The van der Waals surface area contributed by atoms with Crippen molar-refractivity contribution in [2.75, 3.05) is 19.5 Å². The fourth-order valence-electron chi connectivity index (χ4n) is 6.28. The summed E-state index contributed by atoms with van der Waals surface area (Å²) in [5.41, 5.74) is 10.4. The first-order valence-electron chi connectivity index (χ1n) is 14.2. The summed E-state index contributed by atoms with van der Waals surface area (Å²) in [7, 11) is -2.30. The highest BCUT2D eigenvalue weighted by atomic mass is 28.4. The van der Waals surface area contributed by atoms with Gasteiger partial charge in [-0.2, -0.15) is 0 Å². The number of ether oxygens (including phenoxy) is 1. The van der Waals surface area contributed by atoms with Crippen LogP contribution in [0.25, 0.3) is 0 Å². The average molecular weight is 559 g/mol. The van der Waals surface area contributed by atoms with Gasteiger partial charge in [-0.3, -0.25) is 4.79 Å². The Labute approximate surface area is 235 Å². The third-order valence-electron chi connectivity index (χ3n) is 9.16. The van der Waals surface area contributed by atoms with E-state index >= 15 is 0 Å². The lowest BCUT2D eigenvalue weighted by Crippen LogP contribution is -2.56. The van der Waals surface area contributed by atoms with E-state index in [2.05, 4.69) is 87.6 Å². The molecule has 0 radical (unpaired) electrons. The molecule has 1 atom stereocenters. The first-order valence-corrected chi connectivity index (χ1v) is 19.4.